The van der Waals surface area contributed by atoms with Crippen molar-refractivity contribution < 1.29 is 19.4 Å². The molecule has 0 fully saturated rings. The molecule has 1 N–H and O–H groups in total. The van der Waals surface area contributed by atoms with Crippen LogP contribution in [0.2, 0.25) is 0 Å². The lowest BCUT2D eigenvalue weighted by Gasteiger charge is -2.06. The van der Waals surface area contributed by atoms with Gasteiger partial charge in [0.05, 0.1) is 18.2 Å². The fraction of sp³-hybridized carbons (Fsp3) is 0.167. The van der Waals surface area contributed by atoms with Crippen molar-refractivity contribution in [2.24, 2.45) is 0 Å². The van der Waals surface area contributed by atoms with Crippen molar-refractivity contribution in [3.8, 4) is 0 Å². The number of carboxylic acid groups (broad SMARTS) is 1. The lowest BCUT2D eigenvalue weighted by molar-refractivity contribution is 0.0600. The number of aromatic carboxylic acids is 1. The van der Waals surface area contributed by atoms with Gasteiger partial charge in [0, 0.05) is 0 Å². The zero-order valence-electron chi connectivity index (χ0n) is 9.11. The van der Waals surface area contributed by atoms with E-state index in [1.165, 1.54) is 19.2 Å². The Labute approximate surface area is 93.2 Å². The number of allylic oxidation sites excluding steroid dienone is 1. The summed E-state index contributed by atoms with van der Waals surface area (Å²) in [7, 11) is 1.25. The summed E-state index contributed by atoms with van der Waals surface area (Å²) in [4.78, 5) is 22.2. The van der Waals surface area contributed by atoms with Gasteiger partial charge in [0.15, 0.2) is 0 Å². The molecule has 0 aromatic heterocycles. The van der Waals surface area contributed by atoms with Crippen LogP contribution in [0.25, 0.3) is 5.57 Å². The monoisotopic (exact) mass is 220 g/mol. The second-order valence-corrected chi connectivity index (χ2v) is 3.38. The van der Waals surface area contributed by atoms with Gasteiger partial charge in [-0.3, -0.25) is 0 Å². The number of carbonyl (C=O) groups excluding carboxylic acids is 1. The van der Waals surface area contributed by atoms with Crippen molar-refractivity contribution >= 4 is 17.5 Å². The average molecular weight is 220 g/mol. The molecule has 1 aromatic carbocycles. The smallest absolute Gasteiger partial charge is 0.337 e. The first kappa shape index (κ1) is 12.0. The zero-order chi connectivity index (χ0) is 12.3. The Balaban J connectivity index is 3.35. The molecule has 4 heteroatoms. The molecule has 0 aliphatic carbocycles. The molecule has 0 radical (unpaired) electrons. The summed E-state index contributed by atoms with van der Waals surface area (Å²) in [6.45, 7) is 5.45. The molecule has 0 aliphatic rings. The minimum Gasteiger partial charge on any atom is -0.478 e. The molecule has 4 nitrogen and oxygen atoms in total. The van der Waals surface area contributed by atoms with Crippen LogP contribution in [0.3, 0.4) is 0 Å². The summed E-state index contributed by atoms with van der Waals surface area (Å²) in [6.07, 6.45) is 0. The molecule has 0 unspecified atom stereocenters. The van der Waals surface area contributed by atoms with Crippen LogP contribution < -0.4 is 0 Å². The van der Waals surface area contributed by atoms with Crippen molar-refractivity contribution in [2.45, 2.75) is 6.92 Å². The van der Waals surface area contributed by atoms with Gasteiger partial charge < -0.3 is 9.84 Å². The summed E-state index contributed by atoms with van der Waals surface area (Å²) in [5.74, 6) is -1.65. The third kappa shape index (κ3) is 2.48. The SMILES string of the molecule is C=C(C)c1cc(C(=O)O)cc(C(=O)OC)c1. The predicted molar refractivity (Wildman–Crippen MR) is 59.4 cm³/mol. The van der Waals surface area contributed by atoms with Crippen LogP contribution in [0.1, 0.15) is 33.2 Å². The number of carbonyl (C=O) groups is 2. The summed E-state index contributed by atoms with van der Waals surface area (Å²) >= 11 is 0. The minimum atomic E-state index is -1.09. The van der Waals surface area contributed by atoms with Gasteiger partial charge in [-0.15, -0.1) is 0 Å². The second-order valence-electron chi connectivity index (χ2n) is 3.38. The van der Waals surface area contributed by atoms with E-state index in [-0.39, 0.29) is 11.1 Å². The van der Waals surface area contributed by atoms with Crippen LogP contribution in [0.4, 0.5) is 0 Å². The molecule has 1 rings (SSSR count). The molecule has 0 spiro atoms. The summed E-state index contributed by atoms with van der Waals surface area (Å²) < 4.78 is 4.54. The number of hydrogen-bond donors (Lipinski definition) is 1. The van der Waals surface area contributed by atoms with Crippen molar-refractivity contribution in [2.75, 3.05) is 7.11 Å². The molecule has 16 heavy (non-hydrogen) atoms. The normalized spacial score (nSPS) is 9.62. The van der Waals surface area contributed by atoms with E-state index in [1.807, 2.05) is 0 Å². The highest BCUT2D eigenvalue weighted by Gasteiger charge is 2.12. The Morgan fingerprint density at radius 2 is 1.69 bits per heavy atom. The molecule has 0 saturated heterocycles. The van der Waals surface area contributed by atoms with Gasteiger partial charge in [0.25, 0.3) is 0 Å². The Morgan fingerprint density at radius 1 is 1.19 bits per heavy atom. The molecule has 0 bridgehead atoms. The molecule has 0 amide bonds. The highest BCUT2D eigenvalue weighted by atomic mass is 16.5. The van der Waals surface area contributed by atoms with Gasteiger partial charge in [-0.2, -0.15) is 0 Å². The number of benzene rings is 1. The van der Waals surface area contributed by atoms with Crippen molar-refractivity contribution in [3.63, 3.8) is 0 Å². The van der Waals surface area contributed by atoms with Gasteiger partial charge in [0.1, 0.15) is 0 Å². The third-order valence-electron chi connectivity index (χ3n) is 2.09. The largest absolute Gasteiger partial charge is 0.478 e. The molecule has 1 aromatic rings. The van der Waals surface area contributed by atoms with Crippen LogP contribution in [-0.2, 0) is 4.74 Å². The van der Waals surface area contributed by atoms with E-state index >= 15 is 0 Å². The fourth-order valence-electron chi connectivity index (χ4n) is 1.23. The van der Waals surface area contributed by atoms with E-state index in [0.717, 1.165) is 0 Å². The molecule has 0 saturated carbocycles. The average Bonchev–Trinajstić information content (AvgIpc) is 2.27. The van der Waals surface area contributed by atoms with Crippen LogP contribution in [0.15, 0.2) is 24.8 Å². The fourth-order valence-corrected chi connectivity index (χ4v) is 1.23. The number of methoxy groups -OCH3 is 1. The van der Waals surface area contributed by atoms with E-state index in [2.05, 4.69) is 11.3 Å². The Morgan fingerprint density at radius 3 is 2.12 bits per heavy atom. The highest BCUT2D eigenvalue weighted by Crippen LogP contribution is 2.17. The van der Waals surface area contributed by atoms with Crippen molar-refractivity contribution in [1.29, 1.82) is 0 Å². The zero-order valence-corrected chi connectivity index (χ0v) is 9.11. The summed E-state index contributed by atoms with van der Waals surface area (Å²) in [6, 6.07) is 4.30. The van der Waals surface area contributed by atoms with Crippen molar-refractivity contribution in [1.82, 2.24) is 0 Å². The number of hydrogen-bond acceptors (Lipinski definition) is 3. The quantitative estimate of drug-likeness (QED) is 0.793. The number of rotatable bonds is 3. The minimum absolute atomic E-state index is 0.0425. The van der Waals surface area contributed by atoms with Gasteiger partial charge >= 0.3 is 11.9 Å². The van der Waals surface area contributed by atoms with Gasteiger partial charge in [-0.05, 0) is 30.7 Å². The predicted octanol–water partition coefficient (Wildman–Crippen LogP) is 2.20. The summed E-state index contributed by atoms with van der Waals surface area (Å²) in [5.41, 5.74) is 1.55. The van der Waals surface area contributed by atoms with Crippen LogP contribution >= 0.6 is 0 Å². The number of esters is 1. The number of ether oxygens (including phenoxy) is 1. The highest BCUT2D eigenvalue weighted by molar-refractivity contribution is 5.96. The van der Waals surface area contributed by atoms with Gasteiger partial charge in [0.2, 0.25) is 0 Å². The molecular formula is C12H12O4. The van der Waals surface area contributed by atoms with Gasteiger partial charge in [-0.1, -0.05) is 12.2 Å². The molecule has 0 atom stereocenters. The Bertz CT molecular complexity index is 428. The number of carboxylic acids is 1. The standard InChI is InChI=1S/C12H12O4/c1-7(2)8-4-9(11(13)14)6-10(5-8)12(15)16-3/h4-6H,1H2,2-3H3,(H,13,14). The maximum atomic E-state index is 11.3. The first-order chi connectivity index (χ1) is 7.45. The second kappa shape index (κ2) is 4.61. The first-order valence-electron chi connectivity index (χ1n) is 4.58. The van der Waals surface area contributed by atoms with E-state index in [4.69, 9.17) is 5.11 Å². The van der Waals surface area contributed by atoms with Crippen LogP contribution in [-0.4, -0.2) is 24.2 Å². The lowest BCUT2D eigenvalue weighted by Crippen LogP contribution is -2.05. The van der Waals surface area contributed by atoms with E-state index in [1.54, 1.807) is 13.0 Å². The van der Waals surface area contributed by atoms with E-state index in [9.17, 15) is 9.59 Å². The maximum Gasteiger partial charge on any atom is 0.337 e. The van der Waals surface area contributed by atoms with Gasteiger partial charge in [-0.25, -0.2) is 9.59 Å². The lowest BCUT2D eigenvalue weighted by atomic mass is 10.0. The Hall–Kier alpha value is -2.10. The van der Waals surface area contributed by atoms with Crippen LogP contribution in [0, 0.1) is 0 Å². The van der Waals surface area contributed by atoms with E-state index in [0.29, 0.717) is 11.1 Å². The molecule has 0 aliphatic heterocycles. The van der Waals surface area contributed by atoms with Crippen molar-refractivity contribution in [3.05, 3.63) is 41.5 Å². The first-order valence-corrected chi connectivity index (χ1v) is 4.58. The molecule has 84 valence electrons. The maximum absolute atomic E-state index is 11.3. The molecule has 0 heterocycles. The van der Waals surface area contributed by atoms with Crippen LogP contribution in [0.5, 0.6) is 0 Å². The Kier molecular flexibility index (Phi) is 3.45. The van der Waals surface area contributed by atoms with E-state index < -0.39 is 11.9 Å². The topological polar surface area (TPSA) is 63.6 Å². The molecular weight excluding hydrogens is 208 g/mol. The third-order valence-corrected chi connectivity index (χ3v) is 2.09. The summed E-state index contributed by atoms with van der Waals surface area (Å²) in [5, 5.41) is 8.89.